The Morgan fingerprint density at radius 2 is 2.00 bits per heavy atom. The third kappa shape index (κ3) is 4.03. The van der Waals surface area contributed by atoms with Crippen molar-refractivity contribution in [2.24, 2.45) is 0 Å². The maximum absolute atomic E-state index is 12.9. The molecule has 2 heterocycles. The summed E-state index contributed by atoms with van der Waals surface area (Å²) in [6.45, 7) is 3.49. The van der Waals surface area contributed by atoms with Crippen LogP contribution >= 0.6 is 0 Å². The summed E-state index contributed by atoms with van der Waals surface area (Å²) in [6, 6.07) is 6.45. The molecule has 2 aromatic heterocycles. The Balaban J connectivity index is 1.96. The molecule has 0 aliphatic heterocycles. The molecular formula is C19H16F3N5O2. The van der Waals surface area contributed by atoms with Crippen molar-refractivity contribution in [3.8, 4) is 17.5 Å². The van der Waals surface area contributed by atoms with E-state index in [4.69, 9.17) is 4.52 Å². The van der Waals surface area contributed by atoms with E-state index in [-0.39, 0.29) is 29.4 Å². The van der Waals surface area contributed by atoms with E-state index in [1.165, 1.54) is 12.1 Å². The van der Waals surface area contributed by atoms with Gasteiger partial charge in [0.25, 0.3) is 5.56 Å². The van der Waals surface area contributed by atoms with Crippen LogP contribution in [0, 0.1) is 11.3 Å². The van der Waals surface area contributed by atoms with E-state index in [0.717, 1.165) is 16.8 Å². The van der Waals surface area contributed by atoms with Crippen LogP contribution in [0.2, 0.25) is 0 Å². The van der Waals surface area contributed by atoms with E-state index < -0.39 is 17.3 Å². The second-order valence-corrected chi connectivity index (χ2v) is 6.17. The van der Waals surface area contributed by atoms with Crippen molar-refractivity contribution in [3.05, 3.63) is 62.9 Å². The molecule has 29 heavy (non-hydrogen) atoms. The van der Waals surface area contributed by atoms with Crippen molar-refractivity contribution in [1.29, 1.82) is 5.26 Å². The summed E-state index contributed by atoms with van der Waals surface area (Å²) in [5, 5.41) is 17.3. The highest BCUT2D eigenvalue weighted by atomic mass is 19.4. The topological polar surface area (TPSA) is 97.6 Å². The first kappa shape index (κ1) is 20.3. The van der Waals surface area contributed by atoms with Crippen molar-refractivity contribution >= 4 is 0 Å². The highest BCUT2D eigenvalue weighted by molar-refractivity contribution is 5.55. The molecule has 1 aromatic carbocycles. The summed E-state index contributed by atoms with van der Waals surface area (Å²) in [7, 11) is 0. The van der Waals surface area contributed by atoms with Gasteiger partial charge in [0.05, 0.1) is 11.3 Å². The lowest BCUT2D eigenvalue weighted by Gasteiger charge is -2.10. The normalized spacial score (nSPS) is 11.4. The van der Waals surface area contributed by atoms with Crippen LogP contribution < -0.4 is 5.56 Å². The predicted molar refractivity (Wildman–Crippen MR) is 95.8 cm³/mol. The van der Waals surface area contributed by atoms with Crippen molar-refractivity contribution in [3.63, 3.8) is 0 Å². The lowest BCUT2D eigenvalue weighted by atomic mass is 10.0. The zero-order chi connectivity index (χ0) is 21.2. The first-order valence-corrected chi connectivity index (χ1v) is 8.81. The number of hydrogen-bond acceptors (Lipinski definition) is 6. The Hall–Kier alpha value is -3.48. The molecule has 0 saturated carbocycles. The van der Waals surface area contributed by atoms with Crippen molar-refractivity contribution < 1.29 is 17.7 Å². The van der Waals surface area contributed by atoms with Gasteiger partial charge in [-0.3, -0.25) is 4.79 Å². The minimum absolute atomic E-state index is 0.0111. The predicted octanol–water partition coefficient (Wildman–Crippen LogP) is 3.36. The molecule has 0 aliphatic rings. The number of hydrogen-bond donors (Lipinski definition) is 0. The number of halogens is 3. The molecule has 10 heteroatoms. The zero-order valence-corrected chi connectivity index (χ0v) is 15.6. The SMILES string of the molecule is CCc1nn(Cc2nc(-c3cccc(C(F)(F)F)c3)no2)c(=O)c(C#N)c1CC. The second kappa shape index (κ2) is 7.87. The minimum Gasteiger partial charge on any atom is -0.337 e. The highest BCUT2D eigenvalue weighted by Gasteiger charge is 2.30. The first-order chi connectivity index (χ1) is 13.8. The average molecular weight is 403 g/mol. The minimum atomic E-state index is -4.49. The number of alkyl halides is 3. The van der Waals surface area contributed by atoms with Gasteiger partial charge in [0.1, 0.15) is 18.2 Å². The van der Waals surface area contributed by atoms with E-state index in [1.54, 1.807) is 0 Å². The number of rotatable bonds is 5. The van der Waals surface area contributed by atoms with Gasteiger partial charge in [0.15, 0.2) is 0 Å². The molecule has 0 atom stereocenters. The van der Waals surface area contributed by atoms with Crippen LogP contribution in [0.1, 0.15) is 42.1 Å². The van der Waals surface area contributed by atoms with E-state index >= 15 is 0 Å². The smallest absolute Gasteiger partial charge is 0.337 e. The van der Waals surface area contributed by atoms with Crippen molar-refractivity contribution in [2.75, 3.05) is 0 Å². The third-order valence-corrected chi connectivity index (χ3v) is 4.34. The molecule has 0 saturated heterocycles. The van der Waals surface area contributed by atoms with Crippen molar-refractivity contribution in [1.82, 2.24) is 19.9 Å². The van der Waals surface area contributed by atoms with Gasteiger partial charge in [-0.1, -0.05) is 31.1 Å². The Bertz CT molecular complexity index is 1140. The van der Waals surface area contributed by atoms with E-state index in [9.17, 15) is 23.2 Å². The van der Waals surface area contributed by atoms with Crippen LogP contribution in [-0.2, 0) is 25.6 Å². The molecule has 3 rings (SSSR count). The number of nitrogens with zero attached hydrogens (tertiary/aromatic N) is 5. The number of aromatic nitrogens is 4. The molecule has 3 aromatic rings. The second-order valence-electron chi connectivity index (χ2n) is 6.17. The third-order valence-electron chi connectivity index (χ3n) is 4.34. The molecular weight excluding hydrogens is 387 g/mol. The fraction of sp³-hybridized carbons (Fsp3) is 0.316. The first-order valence-electron chi connectivity index (χ1n) is 8.81. The molecule has 0 N–H and O–H groups in total. The van der Waals surface area contributed by atoms with Crippen LogP contribution in [0.15, 0.2) is 33.6 Å². The molecule has 0 spiro atoms. The van der Waals surface area contributed by atoms with Gasteiger partial charge < -0.3 is 4.52 Å². The standard InChI is InChI=1S/C19H16F3N5O2/c1-3-13-14(9-23)18(28)27(25-15(13)4-2)10-16-24-17(26-29-16)11-6-5-7-12(8-11)19(20,21)22/h5-8H,3-4,10H2,1-2H3. The Morgan fingerprint density at radius 3 is 2.62 bits per heavy atom. The van der Waals surface area contributed by atoms with Gasteiger partial charge >= 0.3 is 6.18 Å². The fourth-order valence-corrected chi connectivity index (χ4v) is 2.94. The van der Waals surface area contributed by atoms with Gasteiger partial charge in [-0.15, -0.1) is 0 Å². The summed E-state index contributed by atoms with van der Waals surface area (Å²) in [5.41, 5.74) is -0.0610. The molecule has 0 fully saturated rings. The van der Waals surface area contributed by atoms with E-state index in [0.29, 0.717) is 24.1 Å². The Labute approximate surface area is 163 Å². The maximum atomic E-state index is 12.9. The molecule has 0 amide bonds. The van der Waals surface area contributed by atoms with Gasteiger partial charge in [-0.2, -0.15) is 28.5 Å². The zero-order valence-electron chi connectivity index (χ0n) is 15.6. The molecule has 7 nitrogen and oxygen atoms in total. The average Bonchev–Trinajstić information content (AvgIpc) is 3.17. The van der Waals surface area contributed by atoms with Crippen LogP contribution in [0.25, 0.3) is 11.4 Å². The van der Waals surface area contributed by atoms with Crippen molar-refractivity contribution in [2.45, 2.75) is 39.4 Å². The summed E-state index contributed by atoms with van der Waals surface area (Å²) >= 11 is 0. The summed E-state index contributed by atoms with van der Waals surface area (Å²) < 4.78 is 44.8. The van der Waals surface area contributed by atoms with Gasteiger partial charge in [0, 0.05) is 5.56 Å². The lowest BCUT2D eigenvalue weighted by molar-refractivity contribution is -0.137. The van der Waals surface area contributed by atoms with Crippen LogP contribution in [-0.4, -0.2) is 19.9 Å². The highest BCUT2D eigenvalue weighted by Crippen LogP contribution is 2.31. The molecule has 0 bridgehead atoms. The Kier molecular flexibility index (Phi) is 5.50. The van der Waals surface area contributed by atoms with Gasteiger partial charge in [0.2, 0.25) is 11.7 Å². The summed E-state index contributed by atoms with van der Waals surface area (Å²) in [4.78, 5) is 16.6. The quantitative estimate of drug-likeness (QED) is 0.648. The monoisotopic (exact) mass is 403 g/mol. The van der Waals surface area contributed by atoms with Crippen LogP contribution in [0.3, 0.4) is 0 Å². The lowest BCUT2D eigenvalue weighted by Crippen LogP contribution is -2.29. The number of benzene rings is 1. The van der Waals surface area contributed by atoms with Gasteiger partial charge in [-0.25, -0.2) is 4.68 Å². The van der Waals surface area contributed by atoms with Gasteiger partial charge in [-0.05, 0) is 30.5 Å². The fourth-order valence-electron chi connectivity index (χ4n) is 2.94. The molecule has 0 radical (unpaired) electrons. The summed E-state index contributed by atoms with van der Waals surface area (Å²) in [6.07, 6.45) is -3.47. The number of aryl methyl sites for hydroxylation is 1. The van der Waals surface area contributed by atoms with Crippen LogP contribution in [0.4, 0.5) is 13.2 Å². The molecule has 0 aliphatic carbocycles. The van der Waals surface area contributed by atoms with E-state index in [1.807, 2.05) is 19.9 Å². The number of nitriles is 1. The van der Waals surface area contributed by atoms with Crippen LogP contribution in [0.5, 0.6) is 0 Å². The van der Waals surface area contributed by atoms with E-state index in [2.05, 4.69) is 15.2 Å². The molecule has 0 unspecified atom stereocenters. The largest absolute Gasteiger partial charge is 0.416 e. The Morgan fingerprint density at radius 1 is 1.24 bits per heavy atom. The maximum Gasteiger partial charge on any atom is 0.416 e. The molecule has 150 valence electrons. The summed E-state index contributed by atoms with van der Waals surface area (Å²) in [5.74, 6) is -0.0530.